The Morgan fingerprint density at radius 2 is 1.68 bits per heavy atom. The topological polar surface area (TPSA) is 77.5 Å². The number of benzene rings is 2. The Kier molecular flexibility index (Phi) is 10.1. The zero-order valence-electron chi connectivity index (χ0n) is 26.4. The lowest BCUT2D eigenvalue weighted by Crippen LogP contribution is -2.52. The standard InChI is InChI=1S/C35H46ClF2N5O/c1-6-35-18-29(35)22(4)13-20(2)21(3)14-26(15-23(35)5)33(44)41-34(39-19-25-9-12-28(38)16-30(25)36)40-32-17-31(42-43-32)24-7-10-27(37)11-8-24/h7-12,16,18,20-23,26,31-32,42-43H,6,13-15,17,19H2,1-5H3,(H2,39,40,41,44). The van der Waals surface area contributed by atoms with Crippen molar-refractivity contribution in [3.05, 3.63) is 81.9 Å². The zero-order valence-corrected chi connectivity index (χ0v) is 27.1. The number of hydrogen-bond donors (Lipinski definition) is 4. The predicted molar refractivity (Wildman–Crippen MR) is 172 cm³/mol. The van der Waals surface area contributed by atoms with E-state index in [1.165, 1.54) is 24.3 Å². The third kappa shape index (κ3) is 7.35. The van der Waals surface area contributed by atoms with Crippen LogP contribution in [0.1, 0.15) is 83.9 Å². The third-order valence-corrected chi connectivity index (χ3v) is 10.7. The maximum Gasteiger partial charge on any atom is 0.229 e. The first-order chi connectivity index (χ1) is 21.0. The Bertz CT molecular complexity index is 1400. The molecule has 0 spiro atoms. The summed E-state index contributed by atoms with van der Waals surface area (Å²) in [6.45, 7) is 11.7. The lowest BCUT2D eigenvalue weighted by Gasteiger charge is -2.35. The summed E-state index contributed by atoms with van der Waals surface area (Å²) in [4.78, 5) is 18.8. The van der Waals surface area contributed by atoms with Gasteiger partial charge in [0.25, 0.3) is 0 Å². The summed E-state index contributed by atoms with van der Waals surface area (Å²) in [6.07, 6.45) is 6.67. The van der Waals surface area contributed by atoms with Crippen LogP contribution in [0.4, 0.5) is 8.78 Å². The van der Waals surface area contributed by atoms with Gasteiger partial charge in [0.15, 0.2) is 5.96 Å². The van der Waals surface area contributed by atoms with E-state index in [-0.39, 0.29) is 46.8 Å². The number of rotatable bonds is 6. The molecule has 1 saturated heterocycles. The Morgan fingerprint density at radius 1 is 0.977 bits per heavy atom. The molecule has 44 heavy (non-hydrogen) atoms. The van der Waals surface area contributed by atoms with Gasteiger partial charge in [0.2, 0.25) is 5.91 Å². The molecule has 1 saturated carbocycles. The SMILES string of the molecule is CCC12C=C1C(C)CC(C)C(C)CC(C(=O)NC(=NCc1ccc(F)cc1Cl)NC1CC(c3ccc(F)cc3)NN1)CC2C. The van der Waals surface area contributed by atoms with Crippen LogP contribution in [-0.2, 0) is 11.3 Å². The number of aliphatic imine (C=N–C) groups is 1. The van der Waals surface area contributed by atoms with Gasteiger partial charge in [-0.15, -0.1) is 0 Å². The number of carbonyl (C=O) groups is 1. The lowest BCUT2D eigenvalue weighted by atomic mass is 9.70. The van der Waals surface area contributed by atoms with Crippen LogP contribution in [0.15, 0.2) is 59.1 Å². The van der Waals surface area contributed by atoms with E-state index in [0.717, 1.165) is 31.2 Å². The molecule has 4 N–H and O–H groups in total. The molecule has 0 bridgehead atoms. The molecule has 9 heteroatoms. The maximum absolute atomic E-state index is 14.1. The van der Waals surface area contributed by atoms with Crippen molar-refractivity contribution in [3.63, 3.8) is 0 Å². The van der Waals surface area contributed by atoms with E-state index >= 15 is 0 Å². The maximum atomic E-state index is 14.1. The van der Waals surface area contributed by atoms with Gasteiger partial charge in [-0.1, -0.05) is 76.1 Å². The van der Waals surface area contributed by atoms with Crippen molar-refractivity contribution in [2.75, 3.05) is 0 Å². The molecule has 6 nitrogen and oxygen atoms in total. The number of fused-ring (bicyclic) bond motifs is 1. The molecule has 0 aromatic heterocycles. The molecule has 3 aliphatic rings. The number of guanidine groups is 1. The van der Waals surface area contributed by atoms with Gasteiger partial charge in [0.1, 0.15) is 11.6 Å². The molecule has 8 unspecified atom stereocenters. The minimum atomic E-state index is -0.413. The predicted octanol–water partition coefficient (Wildman–Crippen LogP) is 7.43. The van der Waals surface area contributed by atoms with Crippen molar-refractivity contribution in [2.24, 2.45) is 40.0 Å². The molecule has 8 atom stereocenters. The number of nitrogens with zero attached hydrogens (tertiary/aromatic N) is 1. The molecular weight excluding hydrogens is 580 g/mol. The Morgan fingerprint density at radius 3 is 2.39 bits per heavy atom. The van der Waals surface area contributed by atoms with Crippen molar-refractivity contribution in [1.82, 2.24) is 21.5 Å². The van der Waals surface area contributed by atoms with Crippen LogP contribution >= 0.6 is 11.6 Å². The fraction of sp³-hybridized carbons (Fsp3) is 0.543. The van der Waals surface area contributed by atoms with E-state index in [4.69, 9.17) is 16.6 Å². The summed E-state index contributed by atoms with van der Waals surface area (Å²) in [5.41, 5.74) is 9.79. The summed E-state index contributed by atoms with van der Waals surface area (Å²) in [7, 11) is 0. The Hall–Kier alpha value is -2.81. The molecule has 0 radical (unpaired) electrons. The van der Waals surface area contributed by atoms with Crippen LogP contribution in [0.2, 0.25) is 5.02 Å². The fourth-order valence-electron chi connectivity index (χ4n) is 7.35. The van der Waals surface area contributed by atoms with Gasteiger partial charge in [-0.05, 0) is 84.7 Å². The summed E-state index contributed by atoms with van der Waals surface area (Å²) in [5, 5.41) is 6.78. The number of carbonyl (C=O) groups excluding carboxylic acids is 1. The van der Waals surface area contributed by atoms with Gasteiger partial charge >= 0.3 is 0 Å². The normalized spacial score (nSPS) is 32.4. The second kappa shape index (κ2) is 13.7. The lowest BCUT2D eigenvalue weighted by molar-refractivity contribution is -0.125. The molecule has 2 aromatic carbocycles. The van der Waals surface area contributed by atoms with Crippen LogP contribution in [0.5, 0.6) is 0 Å². The van der Waals surface area contributed by atoms with Crippen molar-refractivity contribution in [1.29, 1.82) is 0 Å². The summed E-state index contributed by atoms with van der Waals surface area (Å²) in [6, 6.07) is 10.6. The highest BCUT2D eigenvalue weighted by Crippen LogP contribution is 2.59. The van der Waals surface area contributed by atoms with E-state index < -0.39 is 5.82 Å². The molecule has 5 rings (SSSR count). The smallest absolute Gasteiger partial charge is 0.229 e. The average molecular weight is 626 g/mol. The number of amides is 1. The van der Waals surface area contributed by atoms with E-state index in [1.807, 2.05) is 0 Å². The van der Waals surface area contributed by atoms with Crippen molar-refractivity contribution < 1.29 is 13.6 Å². The van der Waals surface area contributed by atoms with E-state index in [1.54, 1.807) is 23.8 Å². The summed E-state index contributed by atoms with van der Waals surface area (Å²) in [5.74, 6) is 1.28. The molecule has 2 fully saturated rings. The Labute approximate surface area is 265 Å². The quantitative estimate of drug-likeness (QED) is 0.153. The van der Waals surface area contributed by atoms with E-state index in [9.17, 15) is 13.6 Å². The molecule has 1 aliphatic heterocycles. The van der Waals surface area contributed by atoms with Gasteiger partial charge in [-0.3, -0.25) is 10.1 Å². The minimum absolute atomic E-state index is 0.0459. The summed E-state index contributed by atoms with van der Waals surface area (Å²) < 4.78 is 27.2. The van der Waals surface area contributed by atoms with Crippen molar-refractivity contribution in [2.45, 2.75) is 85.5 Å². The van der Waals surface area contributed by atoms with Crippen LogP contribution in [0.3, 0.4) is 0 Å². The van der Waals surface area contributed by atoms with Crippen LogP contribution < -0.4 is 21.5 Å². The number of nitrogens with one attached hydrogen (secondary N) is 4. The number of hydrogen-bond acceptors (Lipinski definition) is 4. The monoisotopic (exact) mass is 625 g/mol. The fourth-order valence-corrected chi connectivity index (χ4v) is 7.58. The minimum Gasteiger partial charge on any atom is -0.339 e. The second-order valence-corrected chi connectivity index (χ2v) is 13.8. The largest absolute Gasteiger partial charge is 0.339 e. The van der Waals surface area contributed by atoms with E-state index in [2.05, 4.69) is 62.2 Å². The van der Waals surface area contributed by atoms with Crippen LogP contribution in [0, 0.1) is 46.6 Å². The average Bonchev–Trinajstić information content (AvgIpc) is 3.58. The first-order valence-corrected chi connectivity index (χ1v) is 16.4. The highest BCUT2D eigenvalue weighted by Gasteiger charge is 2.50. The van der Waals surface area contributed by atoms with Crippen LogP contribution in [0.25, 0.3) is 0 Å². The third-order valence-electron chi connectivity index (χ3n) is 10.4. The van der Waals surface area contributed by atoms with Crippen molar-refractivity contribution in [3.8, 4) is 0 Å². The number of allylic oxidation sites excluding steroid dienone is 2. The highest BCUT2D eigenvalue weighted by molar-refractivity contribution is 6.31. The zero-order chi connectivity index (χ0) is 31.6. The van der Waals surface area contributed by atoms with Gasteiger partial charge in [0.05, 0.1) is 12.7 Å². The van der Waals surface area contributed by atoms with E-state index in [0.29, 0.717) is 41.6 Å². The van der Waals surface area contributed by atoms with Gasteiger partial charge in [0, 0.05) is 28.8 Å². The molecule has 1 amide bonds. The van der Waals surface area contributed by atoms with Gasteiger partial charge in [-0.2, -0.15) is 0 Å². The highest BCUT2D eigenvalue weighted by atomic mass is 35.5. The van der Waals surface area contributed by atoms with Crippen molar-refractivity contribution >= 4 is 23.5 Å². The van der Waals surface area contributed by atoms with Crippen LogP contribution in [-0.4, -0.2) is 18.0 Å². The summed E-state index contributed by atoms with van der Waals surface area (Å²) >= 11 is 6.30. The molecule has 1 heterocycles. The molecule has 238 valence electrons. The molecule has 2 aliphatic carbocycles. The van der Waals surface area contributed by atoms with Gasteiger partial charge < -0.3 is 5.32 Å². The molecular formula is C35H46ClF2N5O. The number of hydrazine groups is 1. The van der Waals surface area contributed by atoms with Gasteiger partial charge in [-0.25, -0.2) is 24.6 Å². The Balaban J connectivity index is 1.34. The molecule has 2 aromatic rings. The second-order valence-electron chi connectivity index (χ2n) is 13.4. The first kappa shape index (κ1) is 32.6. The first-order valence-electron chi connectivity index (χ1n) is 16.0. The number of halogens is 3.